The highest BCUT2D eigenvalue weighted by Gasteiger charge is 2.17. The standard InChI is InChI=1S/C33H30ClFN6O2S/c1-39(2)32-36-16-26(17-37-32)29-19-41(33(38-31(29)43)44-21-23-6-14-28(35)15-7-23)20-30(42)40(3)18-22-4-8-24(9-5-22)25-10-12-27(34)13-11-25/h4-17,19H,18,20-21H2,1-3H3. The SMILES string of the molecule is CN(Cc1ccc(-c2ccc(Cl)cc2)cc1)C(=O)Cn1cc(-c2cnc(N(C)C)nc2)c(=O)nc1SCc1ccc(F)cc1. The molecule has 0 saturated heterocycles. The number of thioether (sulfide) groups is 1. The lowest BCUT2D eigenvalue weighted by Crippen LogP contribution is -2.31. The van der Waals surface area contributed by atoms with E-state index in [4.69, 9.17) is 11.6 Å². The first-order valence-electron chi connectivity index (χ1n) is 13.7. The number of carbonyl (C=O) groups is 1. The number of anilines is 1. The van der Waals surface area contributed by atoms with Gasteiger partial charge in [0.1, 0.15) is 12.4 Å². The van der Waals surface area contributed by atoms with Gasteiger partial charge in [-0.25, -0.2) is 14.4 Å². The maximum absolute atomic E-state index is 13.5. The van der Waals surface area contributed by atoms with Crippen molar-refractivity contribution in [3.63, 3.8) is 0 Å². The Morgan fingerprint density at radius 3 is 2.07 bits per heavy atom. The molecule has 0 aliphatic rings. The molecule has 1 amide bonds. The zero-order valence-corrected chi connectivity index (χ0v) is 26.0. The van der Waals surface area contributed by atoms with Crippen LogP contribution < -0.4 is 10.5 Å². The molecule has 0 fully saturated rings. The van der Waals surface area contributed by atoms with E-state index in [0.717, 1.165) is 22.3 Å². The Balaban J connectivity index is 1.36. The van der Waals surface area contributed by atoms with E-state index in [1.807, 2.05) is 62.6 Å². The monoisotopic (exact) mass is 628 g/mol. The Morgan fingerprint density at radius 1 is 0.864 bits per heavy atom. The summed E-state index contributed by atoms with van der Waals surface area (Å²) < 4.78 is 15.1. The van der Waals surface area contributed by atoms with Gasteiger partial charge in [0.25, 0.3) is 5.56 Å². The highest BCUT2D eigenvalue weighted by Crippen LogP contribution is 2.25. The molecule has 2 aromatic heterocycles. The van der Waals surface area contributed by atoms with E-state index in [9.17, 15) is 14.0 Å². The molecule has 0 unspecified atom stereocenters. The number of nitrogens with zero attached hydrogens (tertiary/aromatic N) is 6. The number of likely N-dealkylation sites (N-methyl/N-ethyl adjacent to an activating group) is 1. The van der Waals surface area contributed by atoms with E-state index in [1.54, 1.807) is 52.1 Å². The number of amides is 1. The maximum Gasteiger partial charge on any atom is 0.281 e. The van der Waals surface area contributed by atoms with Crippen LogP contribution >= 0.6 is 23.4 Å². The predicted octanol–water partition coefficient (Wildman–Crippen LogP) is 6.18. The van der Waals surface area contributed by atoms with E-state index >= 15 is 0 Å². The number of hydrogen-bond donors (Lipinski definition) is 0. The van der Waals surface area contributed by atoms with Gasteiger partial charge in [-0.1, -0.05) is 71.9 Å². The molecule has 8 nitrogen and oxygen atoms in total. The maximum atomic E-state index is 13.5. The molecule has 0 radical (unpaired) electrons. The Morgan fingerprint density at radius 2 is 1.45 bits per heavy atom. The summed E-state index contributed by atoms with van der Waals surface area (Å²) in [4.78, 5) is 42.9. The molecule has 224 valence electrons. The quantitative estimate of drug-likeness (QED) is 0.135. The second-order valence-electron chi connectivity index (χ2n) is 10.4. The van der Waals surface area contributed by atoms with Gasteiger partial charge in [-0.2, -0.15) is 4.98 Å². The summed E-state index contributed by atoms with van der Waals surface area (Å²) in [5.74, 6) is 0.461. The summed E-state index contributed by atoms with van der Waals surface area (Å²) in [6, 6.07) is 21.8. The summed E-state index contributed by atoms with van der Waals surface area (Å²) in [6.07, 6.45) is 4.76. The fourth-order valence-corrected chi connectivity index (χ4v) is 5.44. The van der Waals surface area contributed by atoms with Crippen LogP contribution in [0.3, 0.4) is 0 Å². The predicted molar refractivity (Wildman–Crippen MR) is 173 cm³/mol. The molecule has 0 bridgehead atoms. The molecule has 5 aromatic rings. The van der Waals surface area contributed by atoms with Gasteiger partial charge in [0.2, 0.25) is 11.9 Å². The van der Waals surface area contributed by atoms with Gasteiger partial charge >= 0.3 is 0 Å². The first kappa shape index (κ1) is 30.9. The van der Waals surface area contributed by atoms with E-state index in [0.29, 0.717) is 34.0 Å². The van der Waals surface area contributed by atoms with E-state index in [1.165, 1.54) is 23.9 Å². The highest BCUT2D eigenvalue weighted by molar-refractivity contribution is 7.98. The lowest BCUT2D eigenvalue weighted by molar-refractivity contribution is -0.131. The molecular formula is C33H30ClFN6O2S. The van der Waals surface area contributed by atoms with E-state index < -0.39 is 5.56 Å². The van der Waals surface area contributed by atoms with Gasteiger partial charge in [0.15, 0.2) is 5.16 Å². The van der Waals surface area contributed by atoms with Gasteiger partial charge in [-0.15, -0.1) is 0 Å². The topological polar surface area (TPSA) is 84.2 Å². The van der Waals surface area contributed by atoms with Crippen LogP contribution in [0.1, 0.15) is 11.1 Å². The third-order valence-corrected chi connectivity index (χ3v) is 8.18. The molecular weight excluding hydrogens is 599 g/mol. The third-order valence-electron chi connectivity index (χ3n) is 6.87. The first-order chi connectivity index (χ1) is 21.2. The number of halogens is 2. The van der Waals surface area contributed by atoms with Crippen molar-refractivity contribution in [3.8, 4) is 22.3 Å². The summed E-state index contributed by atoms with van der Waals surface area (Å²) >= 11 is 7.31. The molecule has 0 saturated carbocycles. The summed E-state index contributed by atoms with van der Waals surface area (Å²) in [6.45, 7) is 0.361. The summed E-state index contributed by atoms with van der Waals surface area (Å²) in [5, 5.41) is 1.06. The second kappa shape index (κ2) is 13.8. The van der Waals surface area contributed by atoms with Crippen LogP contribution in [0, 0.1) is 5.82 Å². The first-order valence-corrected chi connectivity index (χ1v) is 15.1. The lowest BCUT2D eigenvalue weighted by atomic mass is 10.0. The van der Waals surface area contributed by atoms with Crippen LogP contribution in [-0.2, 0) is 23.6 Å². The van der Waals surface area contributed by atoms with E-state index in [2.05, 4.69) is 15.0 Å². The molecule has 44 heavy (non-hydrogen) atoms. The minimum Gasteiger partial charge on any atom is -0.347 e. The van der Waals surface area contributed by atoms with Gasteiger partial charge in [0.05, 0.1) is 5.56 Å². The van der Waals surface area contributed by atoms with Crippen LogP contribution in [0.4, 0.5) is 10.3 Å². The number of aromatic nitrogens is 4. The van der Waals surface area contributed by atoms with Crippen LogP contribution in [0.5, 0.6) is 0 Å². The van der Waals surface area contributed by atoms with Crippen molar-refractivity contribution in [1.29, 1.82) is 0 Å². The van der Waals surface area contributed by atoms with Crippen molar-refractivity contribution in [3.05, 3.63) is 124 Å². The average Bonchev–Trinajstić information content (AvgIpc) is 3.02. The van der Waals surface area contributed by atoms with Crippen LogP contribution in [0.2, 0.25) is 5.02 Å². The van der Waals surface area contributed by atoms with Crippen molar-refractivity contribution in [2.75, 3.05) is 26.0 Å². The van der Waals surface area contributed by atoms with Crippen molar-refractivity contribution < 1.29 is 9.18 Å². The molecule has 0 aliphatic carbocycles. The normalized spacial score (nSPS) is 10.9. The molecule has 0 aliphatic heterocycles. The number of hydrogen-bond acceptors (Lipinski definition) is 7. The van der Waals surface area contributed by atoms with Crippen molar-refractivity contribution in [1.82, 2.24) is 24.4 Å². The van der Waals surface area contributed by atoms with Crippen LogP contribution in [-0.4, -0.2) is 51.5 Å². The molecule has 0 atom stereocenters. The van der Waals surface area contributed by atoms with Crippen molar-refractivity contribution in [2.45, 2.75) is 24.0 Å². The fraction of sp³-hybridized carbons (Fsp3) is 0.182. The Hall–Kier alpha value is -4.54. The molecule has 2 heterocycles. The minimum absolute atomic E-state index is 0.0397. The zero-order chi connectivity index (χ0) is 31.2. The van der Waals surface area contributed by atoms with Gasteiger partial charge in [0, 0.05) is 62.6 Å². The van der Waals surface area contributed by atoms with Crippen molar-refractivity contribution in [2.24, 2.45) is 0 Å². The van der Waals surface area contributed by atoms with Gasteiger partial charge in [-0.05, 0) is 46.5 Å². The minimum atomic E-state index is -0.453. The fourth-order valence-electron chi connectivity index (χ4n) is 4.40. The Labute approximate surface area is 264 Å². The smallest absolute Gasteiger partial charge is 0.281 e. The van der Waals surface area contributed by atoms with E-state index in [-0.39, 0.29) is 23.8 Å². The molecule has 11 heteroatoms. The number of rotatable bonds is 10. The molecule has 0 N–H and O–H groups in total. The molecule has 0 spiro atoms. The highest BCUT2D eigenvalue weighted by atomic mass is 35.5. The Kier molecular flexibility index (Phi) is 9.72. The van der Waals surface area contributed by atoms with Crippen molar-refractivity contribution >= 4 is 35.2 Å². The molecule has 5 rings (SSSR count). The lowest BCUT2D eigenvalue weighted by Gasteiger charge is -2.20. The van der Waals surface area contributed by atoms with Crippen LogP contribution in [0.25, 0.3) is 22.3 Å². The number of carbonyl (C=O) groups excluding carboxylic acids is 1. The van der Waals surface area contributed by atoms with Crippen LogP contribution in [0.15, 0.2) is 101 Å². The average molecular weight is 629 g/mol. The summed E-state index contributed by atoms with van der Waals surface area (Å²) in [5.41, 5.74) is 4.27. The zero-order valence-electron chi connectivity index (χ0n) is 24.4. The van der Waals surface area contributed by atoms with Gasteiger partial charge in [-0.3, -0.25) is 9.59 Å². The third kappa shape index (κ3) is 7.69. The second-order valence-corrected chi connectivity index (χ2v) is 11.8. The largest absolute Gasteiger partial charge is 0.347 e. The molecule has 3 aromatic carbocycles. The number of benzene rings is 3. The summed E-state index contributed by atoms with van der Waals surface area (Å²) in [7, 11) is 5.39. The van der Waals surface area contributed by atoms with Gasteiger partial charge < -0.3 is 14.4 Å². The Bertz CT molecular complexity index is 1800.